The van der Waals surface area contributed by atoms with Crippen molar-refractivity contribution in [3.05, 3.63) is 23.9 Å². The number of piperidine rings is 1. The second-order valence-electron chi connectivity index (χ2n) is 6.43. The highest BCUT2D eigenvalue weighted by molar-refractivity contribution is 5.92. The van der Waals surface area contributed by atoms with Crippen molar-refractivity contribution in [3.8, 4) is 0 Å². The van der Waals surface area contributed by atoms with Gasteiger partial charge in [-0.1, -0.05) is 6.07 Å². The monoisotopic (exact) mass is 318 g/mol. The first-order valence-corrected chi connectivity index (χ1v) is 8.40. The van der Waals surface area contributed by atoms with Gasteiger partial charge in [0, 0.05) is 26.2 Å². The first-order valence-electron chi connectivity index (χ1n) is 8.40. The molecule has 1 aromatic rings. The Hall–Kier alpha value is -1.66. The van der Waals surface area contributed by atoms with Crippen molar-refractivity contribution in [1.82, 2.24) is 14.8 Å². The average molecular weight is 318 g/mol. The second kappa shape index (κ2) is 7.27. The average Bonchev–Trinajstić information content (AvgIpc) is 2.62. The molecule has 2 fully saturated rings. The maximum atomic E-state index is 12.8. The quantitative estimate of drug-likeness (QED) is 0.835. The third-order valence-electron chi connectivity index (χ3n) is 4.84. The minimum Gasteiger partial charge on any atom is -0.378 e. The first kappa shape index (κ1) is 16.2. The summed E-state index contributed by atoms with van der Waals surface area (Å²) in [5.41, 5.74) is 0.537. The van der Waals surface area contributed by atoms with E-state index in [0.717, 1.165) is 58.1 Å². The van der Waals surface area contributed by atoms with Crippen molar-refractivity contribution in [2.75, 3.05) is 58.4 Å². The van der Waals surface area contributed by atoms with E-state index in [0.29, 0.717) is 11.7 Å². The number of ether oxygens (including phenoxy) is 1. The third-order valence-corrected chi connectivity index (χ3v) is 4.84. The van der Waals surface area contributed by atoms with E-state index in [1.54, 1.807) is 0 Å². The highest BCUT2D eigenvalue weighted by Gasteiger charge is 2.25. The molecule has 0 bridgehead atoms. The second-order valence-corrected chi connectivity index (χ2v) is 6.43. The minimum absolute atomic E-state index is 0.0228. The highest BCUT2D eigenvalue weighted by Crippen LogP contribution is 2.18. The van der Waals surface area contributed by atoms with E-state index < -0.39 is 0 Å². The summed E-state index contributed by atoms with van der Waals surface area (Å²) in [6.45, 7) is 5.18. The van der Waals surface area contributed by atoms with Gasteiger partial charge in [0.25, 0.3) is 5.91 Å². The number of aromatic nitrogens is 1. The molecule has 6 heteroatoms. The molecule has 0 unspecified atom stereocenters. The molecule has 0 aliphatic carbocycles. The predicted molar refractivity (Wildman–Crippen MR) is 89.9 cm³/mol. The van der Waals surface area contributed by atoms with Gasteiger partial charge in [-0.25, -0.2) is 4.98 Å². The van der Waals surface area contributed by atoms with Crippen LogP contribution in [0.3, 0.4) is 0 Å². The number of rotatable bonds is 3. The Kier molecular flexibility index (Phi) is 5.13. The summed E-state index contributed by atoms with van der Waals surface area (Å²) in [5.74, 6) is 0.894. The zero-order valence-corrected chi connectivity index (χ0v) is 14.1. The van der Waals surface area contributed by atoms with Crippen molar-refractivity contribution < 1.29 is 9.53 Å². The number of hydrogen-bond acceptors (Lipinski definition) is 5. The molecule has 2 saturated heterocycles. The Morgan fingerprint density at radius 3 is 2.61 bits per heavy atom. The van der Waals surface area contributed by atoms with Crippen molar-refractivity contribution in [2.45, 2.75) is 18.9 Å². The Bertz CT molecular complexity index is 537. The lowest BCUT2D eigenvalue weighted by Gasteiger charge is -2.35. The number of hydrogen-bond donors (Lipinski definition) is 0. The lowest BCUT2D eigenvalue weighted by Crippen LogP contribution is -2.44. The normalized spacial score (nSPS) is 20.5. The van der Waals surface area contributed by atoms with Gasteiger partial charge in [0.1, 0.15) is 11.5 Å². The number of pyridine rings is 1. The Labute approximate surface area is 138 Å². The van der Waals surface area contributed by atoms with Crippen molar-refractivity contribution in [1.29, 1.82) is 0 Å². The molecule has 0 atom stereocenters. The van der Waals surface area contributed by atoms with Crippen LogP contribution in [0, 0.1) is 0 Å². The zero-order valence-electron chi connectivity index (χ0n) is 14.1. The van der Waals surface area contributed by atoms with Gasteiger partial charge >= 0.3 is 0 Å². The van der Waals surface area contributed by atoms with E-state index in [2.05, 4.69) is 21.8 Å². The van der Waals surface area contributed by atoms with Gasteiger partial charge in [-0.05, 0) is 45.1 Å². The molecule has 0 radical (unpaired) electrons. The molecule has 126 valence electrons. The molecule has 1 aromatic heterocycles. The number of amides is 1. The Balaban J connectivity index is 1.69. The molecule has 23 heavy (non-hydrogen) atoms. The lowest BCUT2D eigenvalue weighted by atomic mass is 10.0. The smallest absolute Gasteiger partial charge is 0.272 e. The van der Waals surface area contributed by atoms with E-state index in [1.165, 1.54) is 0 Å². The summed E-state index contributed by atoms with van der Waals surface area (Å²) >= 11 is 0. The van der Waals surface area contributed by atoms with Gasteiger partial charge < -0.3 is 19.4 Å². The fourth-order valence-electron chi connectivity index (χ4n) is 3.24. The topological polar surface area (TPSA) is 48.9 Å². The highest BCUT2D eigenvalue weighted by atomic mass is 16.5. The van der Waals surface area contributed by atoms with E-state index >= 15 is 0 Å². The summed E-state index contributed by atoms with van der Waals surface area (Å²) in [7, 11) is 4.03. The molecule has 2 aliphatic rings. The molecular formula is C17H26N4O2. The van der Waals surface area contributed by atoms with Crippen LogP contribution in [-0.4, -0.2) is 80.2 Å². The van der Waals surface area contributed by atoms with Gasteiger partial charge in [-0.15, -0.1) is 0 Å². The molecule has 0 saturated carbocycles. The summed E-state index contributed by atoms with van der Waals surface area (Å²) in [5, 5.41) is 0. The number of likely N-dealkylation sites (tertiary alicyclic amines) is 1. The molecule has 0 N–H and O–H groups in total. The summed E-state index contributed by atoms with van der Waals surface area (Å²) in [6, 6.07) is 6.02. The number of nitrogens with zero attached hydrogens (tertiary/aromatic N) is 4. The molecule has 2 aliphatic heterocycles. The SMILES string of the molecule is CN1CCC(N(C)C(=O)c2cccc(N3CCOCC3)n2)CC1. The van der Waals surface area contributed by atoms with Crippen LogP contribution in [0.5, 0.6) is 0 Å². The Morgan fingerprint density at radius 2 is 1.91 bits per heavy atom. The van der Waals surface area contributed by atoms with Crippen LogP contribution in [-0.2, 0) is 4.74 Å². The van der Waals surface area contributed by atoms with Crippen LogP contribution < -0.4 is 4.90 Å². The number of anilines is 1. The predicted octanol–water partition coefficient (Wildman–Crippen LogP) is 1.08. The summed E-state index contributed by atoms with van der Waals surface area (Å²) in [4.78, 5) is 23.7. The number of carbonyl (C=O) groups excluding carboxylic acids is 1. The van der Waals surface area contributed by atoms with Gasteiger partial charge in [0.15, 0.2) is 0 Å². The fourth-order valence-corrected chi connectivity index (χ4v) is 3.24. The number of morpholine rings is 1. The van der Waals surface area contributed by atoms with Crippen LogP contribution >= 0.6 is 0 Å². The zero-order chi connectivity index (χ0) is 16.2. The van der Waals surface area contributed by atoms with Crippen molar-refractivity contribution in [2.24, 2.45) is 0 Å². The van der Waals surface area contributed by atoms with Crippen LogP contribution in [0.1, 0.15) is 23.3 Å². The first-order chi connectivity index (χ1) is 11.1. The third kappa shape index (κ3) is 3.82. The molecule has 1 amide bonds. The minimum atomic E-state index is 0.0228. The van der Waals surface area contributed by atoms with Crippen LogP contribution in [0.15, 0.2) is 18.2 Å². The molecular weight excluding hydrogens is 292 g/mol. The van der Waals surface area contributed by atoms with Gasteiger partial charge in [0.2, 0.25) is 0 Å². The largest absolute Gasteiger partial charge is 0.378 e. The van der Waals surface area contributed by atoms with Crippen LogP contribution in [0.4, 0.5) is 5.82 Å². The molecule has 0 aromatic carbocycles. The van der Waals surface area contributed by atoms with E-state index in [-0.39, 0.29) is 5.91 Å². The van der Waals surface area contributed by atoms with Crippen molar-refractivity contribution >= 4 is 11.7 Å². The van der Waals surface area contributed by atoms with Gasteiger partial charge in [-0.2, -0.15) is 0 Å². The molecule has 0 spiro atoms. The lowest BCUT2D eigenvalue weighted by molar-refractivity contribution is 0.0654. The molecule has 6 nitrogen and oxygen atoms in total. The van der Waals surface area contributed by atoms with Crippen molar-refractivity contribution in [3.63, 3.8) is 0 Å². The number of carbonyl (C=O) groups is 1. The summed E-state index contributed by atoms with van der Waals surface area (Å²) < 4.78 is 5.38. The molecule has 3 heterocycles. The van der Waals surface area contributed by atoms with Crippen LogP contribution in [0.2, 0.25) is 0 Å². The standard InChI is InChI=1S/C17H26N4O2/c1-19-8-6-14(7-9-19)20(2)17(22)15-4-3-5-16(18-15)21-10-12-23-13-11-21/h3-5,14H,6-13H2,1-2H3. The van der Waals surface area contributed by atoms with E-state index in [9.17, 15) is 4.79 Å². The molecule has 3 rings (SSSR count). The van der Waals surface area contributed by atoms with Crippen LogP contribution in [0.25, 0.3) is 0 Å². The summed E-state index contributed by atoms with van der Waals surface area (Å²) in [6.07, 6.45) is 2.06. The van der Waals surface area contributed by atoms with Gasteiger partial charge in [-0.3, -0.25) is 4.79 Å². The fraction of sp³-hybridized carbons (Fsp3) is 0.647. The van der Waals surface area contributed by atoms with E-state index in [4.69, 9.17) is 4.74 Å². The Morgan fingerprint density at radius 1 is 1.22 bits per heavy atom. The van der Waals surface area contributed by atoms with E-state index in [1.807, 2.05) is 30.1 Å². The maximum absolute atomic E-state index is 12.8. The van der Waals surface area contributed by atoms with Gasteiger partial charge in [0.05, 0.1) is 13.2 Å². The maximum Gasteiger partial charge on any atom is 0.272 e.